The summed E-state index contributed by atoms with van der Waals surface area (Å²) in [7, 11) is 0. The molecule has 6 N–H and O–H groups in total. The number of aromatic amines is 1. The van der Waals surface area contributed by atoms with Crippen LogP contribution in [0.15, 0.2) is 35.1 Å². The minimum absolute atomic E-state index is 0.0458. The van der Waals surface area contributed by atoms with Crippen LogP contribution in [0.25, 0.3) is 11.3 Å². The second-order valence-electron chi connectivity index (χ2n) is 4.36. The van der Waals surface area contributed by atoms with Gasteiger partial charge in [-0.3, -0.25) is 14.6 Å². The van der Waals surface area contributed by atoms with Crippen LogP contribution in [-0.2, 0) is 11.2 Å². The maximum Gasteiger partial charge on any atom is 0.320 e. The zero-order chi connectivity index (χ0) is 14.7. The fourth-order valence-corrected chi connectivity index (χ4v) is 1.78. The van der Waals surface area contributed by atoms with Gasteiger partial charge in [-0.25, -0.2) is 4.98 Å². The number of H-pyrrole nitrogens is 1. The molecule has 0 amide bonds. The number of aliphatic carboxylic acids is 1. The maximum absolute atomic E-state index is 11.3. The minimum atomic E-state index is -1.04. The maximum atomic E-state index is 11.3. The number of hydrogen-bond acceptors (Lipinski definition) is 5. The Morgan fingerprint density at radius 3 is 2.55 bits per heavy atom. The second-order valence-corrected chi connectivity index (χ2v) is 4.36. The van der Waals surface area contributed by atoms with Gasteiger partial charge in [-0.05, 0) is 12.0 Å². The summed E-state index contributed by atoms with van der Waals surface area (Å²) in [5.74, 6) is -0.998. The highest BCUT2D eigenvalue weighted by atomic mass is 16.4. The SMILES string of the molecule is Nc1nc(-c2ccc(CC(N)C(=O)O)cc2)cc(=O)[nH]1. The second kappa shape index (κ2) is 5.54. The highest BCUT2D eigenvalue weighted by Gasteiger charge is 2.12. The molecule has 0 saturated heterocycles. The van der Waals surface area contributed by atoms with E-state index in [1.54, 1.807) is 24.3 Å². The van der Waals surface area contributed by atoms with E-state index in [-0.39, 0.29) is 17.9 Å². The van der Waals surface area contributed by atoms with Crippen LogP contribution in [-0.4, -0.2) is 27.1 Å². The fourth-order valence-electron chi connectivity index (χ4n) is 1.78. The summed E-state index contributed by atoms with van der Waals surface area (Å²) >= 11 is 0. The lowest BCUT2D eigenvalue weighted by Gasteiger charge is -2.07. The van der Waals surface area contributed by atoms with Crippen LogP contribution in [0.4, 0.5) is 5.95 Å². The summed E-state index contributed by atoms with van der Waals surface area (Å²) in [5, 5.41) is 8.75. The lowest BCUT2D eigenvalue weighted by molar-refractivity contribution is -0.138. The highest BCUT2D eigenvalue weighted by Crippen LogP contribution is 2.17. The molecule has 0 bridgehead atoms. The van der Waals surface area contributed by atoms with Crippen molar-refractivity contribution in [3.8, 4) is 11.3 Å². The number of carboxylic acids is 1. The summed E-state index contributed by atoms with van der Waals surface area (Å²) in [6, 6.07) is 7.38. The first-order valence-corrected chi connectivity index (χ1v) is 5.90. The van der Waals surface area contributed by atoms with E-state index in [2.05, 4.69) is 9.97 Å². The molecule has 2 rings (SSSR count). The number of nitrogens with two attached hydrogens (primary N) is 2. The van der Waals surface area contributed by atoms with E-state index in [9.17, 15) is 9.59 Å². The van der Waals surface area contributed by atoms with Gasteiger partial charge in [0.05, 0.1) is 5.69 Å². The van der Waals surface area contributed by atoms with Crippen molar-refractivity contribution in [1.29, 1.82) is 0 Å². The Bertz CT molecular complexity index is 679. The van der Waals surface area contributed by atoms with Crippen molar-refractivity contribution < 1.29 is 9.90 Å². The van der Waals surface area contributed by atoms with Gasteiger partial charge in [0.15, 0.2) is 0 Å². The number of benzene rings is 1. The van der Waals surface area contributed by atoms with Gasteiger partial charge >= 0.3 is 5.97 Å². The van der Waals surface area contributed by atoms with Gasteiger partial charge in [0.25, 0.3) is 5.56 Å². The molecule has 104 valence electrons. The monoisotopic (exact) mass is 274 g/mol. The molecule has 0 spiro atoms. The van der Waals surface area contributed by atoms with Crippen LogP contribution in [0.2, 0.25) is 0 Å². The van der Waals surface area contributed by atoms with E-state index < -0.39 is 12.0 Å². The van der Waals surface area contributed by atoms with Crippen molar-refractivity contribution in [2.45, 2.75) is 12.5 Å². The number of nitrogens with one attached hydrogen (secondary N) is 1. The molecular weight excluding hydrogens is 260 g/mol. The summed E-state index contributed by atoms with van der Waals surface area (Å²) < 4.78 is 0. The Balaban J connectivity index is 2.23. The quantitative estimate of drug-likeness (QED) is 0.618. The summed E-state index contributed by atoms with van der Waals surface area (Å²) in [6.45, 7) is 0. The van der Waals surface area contributed by atoms with E-state index in [0.717, 1.165) is 11.1 Å². The van der Waals surface area contributed by atoms with Crippen molar-refractivity contribution >= 4 is 11.9 Å². The summed E-state index contributed by atoms with van der Waals surface area (Å²) in [5.41, 5.74) is 12.6. The van der Waals surface area contributed by atoms with Gasteiger partial charge < -0.3 is 16.6 Å². The Hall–Kier alpha value is -2.67. The highest BCUT2D eigenvalue weighted by molar-refractivity contribution is 5.73. The molecule has 1 heterocycles. The van der Waals surface area contributed by atoms with Crippen LogP contribution in [0, 0.1) is 0 Å². The number of nitrogens with zero attached hydrogens (tertiary/aromatic N) is 1. The number of nitrogen functional groups attached to an aromatic ring is 1. The van der Waals surface area contributed by atoms with Crippen molar-refractivity contribution in [2.75, 3.05) is 5.73 Å². The molecule has 1 atom stereocenters. The van der Waals surface area contributed by atoms with E-state index in [4.69, 9.17) is 16.6 Å². The molecule has 2 aromatic rings. The van der Waals surface area contributed by atoms with Crippen LogP contribution >= 0.6 is 0 Å². The lowest BCUT2D eigenvalue weighted by atomic mass is 10.0. The Kier molecular flexibility index (Phi) is 3.81. The Labute approximate surface area is 114 Å². The van der Waals surface area contributed by atoms with Crippen LogP contribution < -0.4 is 17.0 Å². The molecule has 20 heavy (non-hydrogen) atoms. The van der Waals surface area contributed by atoms with E-state index in [1.807, 2.05) is 0 Å². The van der Waals surface area contributed by atoms with E-state index in [0.29, 0.717) is 5.69 Å². The van der Waals surface area contributed by atoms with Gasteiger partial charge in [0.2, 0.25) is 5.95 Å². The number of aromatic nitrogens is 2. The molecule has 0 fully saturated rings. The van der Waals surface area contributed by atoms with Crippen molar-refractivity contribution in [3.05, 3.63) is 46.2 Å². The third-order valence-corrected chi connectivity index (χ3v) is 2.78. The first-order valence-electron chi connectivity index (χ1n) is 5.90. The van der Waals surface area contributed by atoms with Gasteiger partial charge in [-0.2, -0.15) is 0 Å². The molecule has 0 saturated carbocycles. The Morgan fingerprint density at radius 1 is 1.35 bits per heavy atom. The summed E-state index contributed by atoms with van der Waals surface area (Å²) in [6.07, 6.45) is 0.237. The van der Waals surface area contributed by atoms with Crippen LogP contribution in [0.1, 0.15) is 5.56 Å². The van der Waals surface area contributed by atoms with E-state index in [1.165, 1.54) is 6.07 Å². The zero-order valence-electron chi connectivity index (χ0n) is 10.5. The topological polar surface area (TPSA) is 135 Å². The molecule has 1 aromatic heterocycles. The van der Waals surface area contributed by atoms with Gasteiger partial charge in [-0.1, -0.05) is 24.3 Å². The third kappa shape index (κ3) is 3.21. The molecule has 0 aliphatic heterocycles. The normalized spacial score (nSPS) is 12.1. The van der Waals surface area contributed by atoms with Gasteiger partial charge in [0, 0.05) is 11.6 Å². The predicted molar refractivity (Wildman–Crippen MR) is 74.0 cm³/mol. The predicted octanol–water partition coefficient (Wildman–Crippen LogP) is -0.0265. The van der Waals surface area contributed by atoms with Gasteiger partial charge in [-0.15, -0.1) is 0 Å². The molecule has 7 nitrogen and oxygen atoms in total. The fraction of sp³-hybridized carbons (Fsp3) is 0.154. The lowest BCUT2D eigenvalue weighted by Crippen LogP contribution is -2.32. The smallest absolute Gasteiger partial charge is 0.320 e. The number of hydrogen-bond donors (Lipinski definition) is 4. The molecule has 7 heteroatoms. The molecule has 1 aromatic carbocycles. The van der Waals surface area contributed by atoms with Crippen LogP contribution in [0.3, 0.4) is 0 Å². The number of carboxylic acid groups (broad SMARTS) is 1. The third-order valence-electron chi connectivity index (χ3n) is 2.78. The first kappa shape index (κ1) is 13.8. The number of carbonyl (C=O) groups is 1. The number of rotatable bonds is 4. The largest absolute Gasteiger partial charge is 0.480 e. The standard InChI is InChI=1S/C13H14N4O3/c14-9(12(19)20)5-7-1-3-8(4-2-7)10-6-11(18)17-13(15)16-10/h1-4,6,9H,5,14H2,(H,19,20)(H3,15,16,17,18). The molecular formula is C13H14N4O3. The molecule has 0 aliphatic rings. The van der Waals surface area contributed by atoms with Gasteiger partial charge in [0.1, 0.15) is 6.04 Å². The van der Waals surface area contributed by atoms with Crippen LogP contribution in [0.5, 0.6) is 0 Å². The van der Waals surface area contributed by atoms with Crippen molar-refractivity contribution in [3.63, 3.8) is 0 Å². The van der Waals surface area contributed by atoms with Crippen molar-refractivity contribution in [2.24, 2.45) is 5.73 Å². The summed E-state index contributed by atoms with van der Waals surface area (Å²) in [4.78, 5) is 28.4. The van der Waals surface area contributed by atoms with Crippen molar-refractivity contribution in [1.82, 2.24) is 9.97 Å². The molecule has 1 unspecified atom stereocenters. The average Bonchev–Trinajstić information content (AvgIpc) is 2.38. The zero-order valence-corrected chi connectivity index (χ0v) is 10.5. The Morgan fingerprint density at radius 2 is 2.00 bits per heavy atom. The minimum Gasteiger partial charge on any atom is -0.480 e. The molecule has 0 aliphatic carbocycles. The average molecular weight is 274 g/mol. The van der Waals surface area contributed by atoms with E-state index >= 15 is 0 Å². The number of anilines is 1. The molecule has 0 radical (unpaired) electrons. The first-order chi connectivity index (χ1) is 9.45.